The lowest BCUT2D eigenvalue weighted by Crippen LogP contribution is -1.76. The molecule has 0 bridgehead atoms. The highest BCUT2D eigenvalue weighted by Gasteiger charge is 1.85. The Hall–Kier alpha value is -0.970. The summed E-state index contributed by atoms with van der Waals surface area (Å²) in [5, 5.41) is 3.51. The van der Waals surface area contributed by atoms with Crippen LogP contribution in [0.1, 0.15) is 38.5 Å². The van der Waals surface area contributed by atoms with Gasteiger partial charge in [-0.05, 0) is 6.42 Å². The van der Waals surface area contributed by atoms with Crippen LogP contribution in [0.4, 0.5) is 0 Å². The molecule has 0 aromatic rings. The number of hydrogen-bond acceptors (Lipinski definition) is 2. The molecule has 0 aliphatic rings. The fraction of sp³-hybridized carbons (Fsp3) is 0.636. The van der Waals surface area contributed by atoms with E-state index in [0.717, 1.165) is 12.8 Å². The van der Waals surface area contributed by atoms with Crippen LogP contribution in [0.3, 0.4) is 0 Å². The molecule has 2 nitrogen and oxygen atoms in total. The van der Waals surface area contributed by atoms with E-state index in [4.69, 9.17) is 0 Å². The summed E-state index contributed by atoms with van der Waals surface area (Å²) in [5.41, 5.74) is 0. The van der Waals surface area contributed by atoms with Crippen molar-refractivity contribution in [3.8, 4) is 11.8 Å². The summed E-state index contributed by atoms with van der Waals surface area (Å²) in [7, 11) is 1.51. The molecule has 2 heteroatoms. The molecule has 0 aromatic carbocycles. The minimum atomic E-state index is 0.951. The average molecular weight is 180 g/mol. The van der Waals surface area contributed by atoms with Gasteiger partial charge in [-0.15, -0.1) is 0 Å². The van der Waals surface area contributed by atoms with Gasteiger partial charge in [-0.3, -0.25) is 0 Å². The third-order valence-corrected chi connectivity index (χ3v) is 1.63. The lowest BCUT2D eigenvalue weighted by Gasteiger charge is -1.93. The van der Waals surface area contributed by atoms with Crippen LogP contribution in [0.15, 0.2) is 5.16 Å². The topological polar surface area (TPSA) is 21.6 Å². The van der Waals surface area contributed by atoms with Crippen LogP contribution < -0.4 is 0 Å². The summed E-state index contributed by atoms with van der Waals surface area (Å²) in [6.45, 7) is 3.79. The molecule has 0 unspecified atom stereocenters. The maximum absolute atomic E-state index is 4.46. The van der Waals surface area contributed by atoms with Gasteiger partial charge in [0.2, 0.25) is 0 Å². The monoisotopic (exact) mass is 180 g/mol. The van der Waals surface area contributed by atoms with Gasteiger partial charge in [-0.25, -0.2) is 0 Å². The lowest BCUT2D eigenvalue weighted by atomic mass is 10.1. The Morgan fingerprint density at radius 2 is 2.08 bits per heavy atom. The van der Waals surface area contributed by atoms with Crippen molar-refractivity contribution in [3.63, 3.8) is 0 Å². The zero-order valence-corrected chi connectivity index (χ0v) is 8.38. The number of nitrogens with zero attached hydrogens (tertiary/aromatic N) is 1. The van der Waals surface area contributed by atoms with Crippen LogP contribution >= 0.6 is 0 Å². The zero-order chi connectivity index (χ0) is 9.78. The van der Waals surface area contributed by atoms with E-state index in [0.29, 0.717) is 0 Å². The first kappa shape index (κ1) is 12.0. The van der Waals surface area contributed by atoms with Crippen molar-refractivity contribution in [1.82, 2.24) is 0 Å². The minimum Gasteiger partial charge on any atom is -0.399 e. The van der Waals surface area contributed by atoms with Crippen molar-refractivity contribution in [2.24, 2.45) is 5.16 Å². The van der Waals surface area contributed by atoms with Crippen LogP contribution in [0.5, 0.6) is 0 Å². The van der Waals surface area contributed by atoms with Crippen LogP contribution in [0.2, 0.25) is 0 Å². The average Bonchev–Trinajstić information content (AvgIpc) is 2.16. The third kappa shape index (κ3) is 11.0. The number of unbranched alkanes of at least 4 members (excludes halogenated alkanes) is 5. The highest BCUT2D eigenvalue weighted by atomic mass is 16.6. The van der Waals surface area contributed by atoms with E-state index in [1.165, 1.54) is 39.0 Å². The molecule has 0 saturated carbocycles. The van der Waals surface area contributed by atoms with Crippen molar-refractivity contribution >= 4 is 6.21 Å². The van der Waals surface area contributed by atoms with Gasteiger partial charge in [-0.2, -0.15) is 0 Å². The second kappa shape index (κ2) is 11.0. The molecule has 1 radical (unpaired) electrons. The van der Waals surface area contributed by atoms with E-state index in [1.54, 1.807) is 0 Å². The van der Waals surface area contributed by atoms with Crippen molar-refractivity contribution in [3.05, 3.63) is 6.92 Å². The van der Waals surface area contributed by atoms with Crippen molar-refractivity contribution in [2.45, 2.75) is 38.5 Å². The Morgan fingerprint density at radius 3 is 2.77 bits per heavy atom. The van der Waals surface area contributed by atoms with Crippen LogP contribution in [-0.4, -0.2) is 13.3 Å². The summed E-state index contributed by atoms with van der Waals surface area (Å²) in [6.07, 6.45) is 8.42. The molecule has 0 aromatic heterocycles. The smallest absolute Gasteiger partial charge is 0.116 e. The van der Waals surface area contributed by atoms with Crippen molar-refractivity contribution in [2.75, 3.05) is 7.11 Å². The molecule has 0 fully saturated rings. The standard InChI is InChI=1S/C11H18NO/c1-3-4-5-6-7-8-9-10-11-12-13-2/h11H,1,3-8H2,2H3/b12-11-. The van der Waals surface area contributed by atoms with Gasteiger partial charge in [-0.1, -0.05) is 49.6 Å². The molecule has 0 aliphatic heterocycles. The first-order valence-electron chi connectivity index (χ1n) is 4.74. The third-order valence-electron chi connectivity index (χ3n) is 1.63. The predicted molar refractivity (Wildman–Crippen MR) is 56.3 cm³/mol. The normalized spacial score (nSPS) is 9.69. The summed E-state index contributed by atoms with van der Waals surface area (Å²) < 4.78 is 0. The quantitative estimate of drug-likeness (QED) is 0.266. The summed E-state index contributed by atoms with van der Waals surface area (Å²) in [5.74, 6) is 5.80. The van der Waals surface area contributed by atoms with E-state index < -0.39 is 0 Å². The molecular weight excluding hydrogens is 162 g/mol. The first-order valence-corrected chi connectivity index (χ1v) is 4.74. The number of oxime groups is 1. The zero-order valence-electron chi connectivity index (χ0n) is 8.38. The van der Waals surface area contributed by atoms with Gasteiger partial charge in [0, 0.05) is 6.42 Å². The molecule has 0 aliphatic carbocycles. The Morgan fingerprint density at radius 1 is 1.31 bits per heavy atom. The van der Waals surface area contributed by atoms with Crippen LogP contribution in [-0.2, 0) is 4.84 Å². The fourth-order valence-corrected chi connectivity index (χ4v) is 0.941. The van der Waals surface area contributed by atoms with Gasteiger partial charge in [0.15, 0.2) is 0 Å². The van der Waals surface area contributed by atoms with E-state index >= 15 is 0 Å². The van der Waals surface area contributed by atoms with E-state index in [-0.39, 0.29) is 0 Å². The predicted octanol–water partition coefficient (Wildman–Crippen LogP) is 2.80. The maximum Gasteiger partial charge on any atom is 0.116 e. The van der Waals surface area contributed by atoms with E-state index in [1.807, 2.05) is 0 Å². The molecule has 0 saturated heterocycles. The second-order valence-electron chi connectivity index (χ2n) is 2.76. The molecule has 0 heterocycles. The van der Waals surface area contributed by atoms with Crippen LogP contribution in [0, 0.1) is 18.8 Å². The van der Waals surface area contributed by atoms with E-state index in [9.17, 15) is 0 Å². The van der Waals surface area contributed by atoms with Gasteiger partial charge in [0.1, 0.15) is 13.3 Å². The largest absolute Gasteiger partial charge is 0.399 e. The highest BCUT2D eigenvalue weighted by Crippen LogP contribution is 2.03. The molecule has 0 amide bonds. The maximum atomic E-state index is 4.46. The molecular formula is C11H18NO. The Labute approximate surface area is 81.4 Å². The number of rotatable bonds is 6. The molecule has 0 rings (SSSR count). The molecule has 0 spiro atoms. The van der Waals surface area contributed by atoms with Gasteiger partial charge >= 0.3 is 0 Å². The van der Waals surface area contributed by atoms with Gasteiger partial charge in [0.25, 0.3) is 0 Å². The lowest BCUT2D eigenvalue weighted by molar-refractivity contribution is 0.216. The van der Waals surface area contributed by atoms with Crippen molar-refractivity contribution in [1.29, 1.82) is 0 Å². The SMILES string of the molecule is [CH2]CCCCCCC#C/C=N\OC. The van der Waals surface area contributed by atoms with Crippen LogP contribution in [0.25, 0.3) is 0 Å². The van der Waals surface area contributed by atoms with Gasteiger partial charge in [0.05, 0.1) is 0 Å². The van der Waals surface area contributed by atoms with Crippen molar-refractivity contribution < 1.29 is 4.84 Å². The summed E-state index contributed by atoms with van der Waals surface area (Å²) in [6, 6.07) is 0. The Bertz CT molecular complexity index is 176. The Balaban J connectivity index is 3.13. The minimum absolute atomic E-state index is 0.951. The first-order chi connectivity index (χ1) is 6.41. The molecule has 73 valence electrons. The molecule has 0 N–H and O–H groups in total. The summed E-state index contributed by atoms with van der Waals surface area (Å²) >= 11 is 0. The fourth-order valence-electron chi connectivity index (χ4n) is 0.941. The van der Waals surface area contributed by atoms with E-state index in [2.05, 4.69) is 28.8 Å². The number of hydrogen-bond donors (Lipinski definition) is 0. The molecule has 13 heavy (non-hydrogen) atoms. The highest BCUT2D eigenvalue weighted by molar-refractivity contribution is 5.77. The Kier molecular flexibility index (Phi) is 10.2. The summed E-state index contributed by atoms with van der Waals surface area (Å²) in [4.78, 5) is 4.46. The second-order valence-corrected chi connectivity index (χ2v) is 2.76. The van der Waals surface area contributed by atoms with Gasteiger partial charge < -0.3 is 4.84 Å². The molecule has 0 atom stereocenters.